The first-order valence-corrected chi connectivity index (χ1v) is 9.03. The molecule has 5 heteroatoms. The van der Waals surface area contributed by atoms with Crippen LogP contribution in [0.4, 0.5) is 0 Å². The van der Waals surface area contributed by atoms with Gasteiger partial charge in [0.2, 0.25) is 5.91 Å². The van der Waals surface area contributed by atoms with Gasteiger partial charge in [-0.3, -0.25) is 4.79 Å². The third kappa shape index (κ3) is 3.09. The Morgan fingerprint density at radius 1 is 1.12 bits per heavy atom. The highest BCUT2D eigenvalue weighted by molar-refractivity contribution is 5.73. The van der Waals surface area contributed by atoms with Crippen LogP contribution in [0, 0.1) is 5.92 Å². The average Bonchev–Trinajstić information content (AvgIpc) is 2.61. The summed E-state index contributed by atoms with van der Waals surface area (Å²) in [7, 11) is 0. The van der Waals surface area contributed by atoms with Crippen LogP contribution in [0.3, 0.4) is 0 Å². The molecule has 2 heterocycles. The molecule has 3 aliphatic rings. The highest BCUT2D eigenvalue weighted by Gasteiger charge is 2.40. The summed E-state index contributed by atoms with van der Waals surface area (Å²) < 4.78 is 17.7. The fourth-order valence-electron chi connectivity index (χ4n) is 4.33. The van der Waals surface area contributed by atoms with Crippen LogP contribution < -0.4 is 14.8 Å². The predicted octanol–water partition coefficient (Wildman–Crippen LogP) is 2.98. The number of hydrogen-bond donors (Lipinski definition) is 1. The largest absolute Gasteiger partial charge is 0.486 e. The fourth-order valence-corrected chi connectivity index (χ4v) is 4.33. The second-order valence-electron chi connectivity index (χ2n) is 7.06. The van der Waals surface area contributed by atoms with E-state index in [0.29, 0.717) is 19.1 Å². The van der Waals surface area contributed by atoms with Crippen molar-refractivity contribution in [3.8, 4) is 11.5 Å². The highest BCUT2D eigenvalue weighted by atomic mass is 16.6. The fraction of sp³-hybridized carbons (Fsp3) is 0.632. The minimum atomic E-state index is -0.00275. The van der Waals surface area contributed by atoms with Gasteiger partial charge >= 0.3 is 0 Å². The summed E-state index contributed by atoms with van der Waals surface area (Å²) in [6, 6.07) is 6.26. The highest BCUT2D eigenvalue weighted by Crippen LogP contribution is 2.43. The Bertz CT molecular complexity index is 617. The van der Waals surface area contributed by atoms with Crippen molar-refractivity contribution in [2.45, 2.75) is 57.3 Å². The molecule has 5 nitrogen and oxygen atoms in total. The molecule has 0 aromatic heterocycles. The van der Waals surface area contributed by atoms with Gasteiger partial charge in [-0.15, -0.1) is 0 Å². The van der Waals surface area contributed by atoms with Crippen LogP contribution in [-0.4, -0.2) is 31.3 Å². The Balaban J connectivity index is 1.57. The van der Waals surface area contributed by atoms with Gasteiger partial charge in [-0.2, -0.15) is 0 Å². The van der Waals surface area contributed by atoms with Crippen molar-refractivity contribution in [2.24, 2.45) is 5.92 Å². The van der Waals surface area contributed by atoms with Gasteiger partial charge in [0, 0.05) is 18.9 Å². The molecule has 0 radical (unpaired) electrons. The topological polar surface area (TPSA) is 56.8 Å². The molecule has 4 atom stereocenters. The molecule has 1 aromatic rings. The molecule has 2 fully saturated rings. The molecule has 24 heavy (non-hydrogen) atoms. The second-order valence-corrected chi connectivity index (χ2v) is 7.06. The SMILES string of the molecule is CC(=O)N[C@@H]1C[C@H](c2ccc3c(c2)OCCO3)O[C@@H]2CCCC[C@@H]12. The lowest BCUT2D eigenvalue weighted by atomic mass is 9.76. The molecule has 1 saturated carbocycles. The first-order chi connectivity index (χ1) is 11.7. The Kier molecular flexibility index (Phi) is 4.35. The molecule has 0 unspecified atom stereocenters. The smallest absolute Gasteiger partial charge is 0.217 e. The van der Waals surface area contributed by atoms with Gasteiger partial charge in [0.25, 0.3) is 0 Å². The standard InChI is InChI=1S/C19H25NO4/c1-12(21)20-15-11-18(24-16-5-3-2-4-14(15)16)13-6-7-17-19(10-13)23-9-8-22-17/h6-7,10,14-16,18H,2-5,8-9,11H2,1H3,(H,20,21)/t14-,15+,16+,18+/m0/s1. The zero-order valence-corrected chi connectivity index (χ0v) is 14.1. The Hall–Kier alpha value is -1.75. The van der Waals surface area contributed by atoms with E-state index in [1.54, 1.807) is 6.92 Å². The van der Waals surface area contributed by atoms with Gasteiger partial charge in [-0.05, 0) is 37.0 Å². The average molecular weight is 331 g/mol. The molecule has 1 amide bonds. The van der Waals surface area contributed by atoms with E-state index in [1.165, 1.54) is 12.8 Å². The number of amides is 1. The molecule has 1 saturated heterocycles. The minimum absolute atomic E-state index is 0.00275. The number of carbonyl (C=O) groups excluding carboxylic acids is 1. The van der Waals surface area contributed by atoms with Crippen molar-refractivity contribution in [1.82, 2.24) is 5.32 Å². The molecule has 1 N–H and O–H groups in total. The third-order valence-corrected chi connectivity index (χ3v) is 5.40. The van der Waals surface area contributed by atoms with Gasteiger partial charge in [0.05, 0.1) is 12.2 Å². The van der Waals surface area contributed by atoms with Crippen molar-refractivity contribution < 1.29 is 19.0 Å². The predicted molar refractivity (Wildman–Crippen MR) is 89.2 cm³/mol. The second kappa shape index (κ2) is 6.63. The quantitative estimate of drug-likeness (QED) is 0.905. The van der Waals surface area contributed by atoms with Gasteiger partial charge in [0.15, 0.2) is 11.5 Å². The molecule has 4 rings (SSSR count). The van der Waals surface area contributed by atoms with E-state index in [0.717, 1.165) is 36.3 Å². The van der Waals surface area contributed by atoms with E-state index < -0.39 is 0 Å². The van der Waals surface area contributed by atoms with Crippen LogP contribution in [-0.2, 0) is 9.53 Å². The van der Waals surface area contributed by atoms with E-state index in [1.807, 2.05) is 12.1 Å². The van der Waals surface area contributed by atoms with Crippen LogP contribution in [0.2, 0.25) is 0 Å². The molecule has 2 aliphatic heterocycles. The Morgan fingerprint density at radius 2 is 1.92 bits per heavy atom. The molecular weight excluding hydrogens is 306 g/mol. The van der Waals surface area contributed by atoms with Crippen LogP contribution in [0.5, 0.6) is 11.5 Å². The molecule has 130 valence electrons. The number of nitrogens with one attached hydrogen (secondary N) is 1. The summed E-state index contributed by atoms with van der Waals surface area (Å²) in [5, 5.41) is 3.17. The lowest BCUT2D eigenvalue weighted by Gasteiger charge is -2.45. The lowest BCUT2D eigenvalue weighted by molar-refractivity contribution is -0.131. The summed E-state index contributed by atoms with van der Waals surface area (Å²) in [4.78, 5) is 11.6. The summed E-state index contributed by atoms with van der Waals surface area (Å²) in [5.41, 5.74) is 1.11. The molecule has 0 spiro atoms. The first-order valence-electron chi connectivity index (χ1n) is 9.03. The first kappa shape index (κ1) is 15.8. The van der Waals surface area contributed by atoms with E-state index in [-0.39, 0.29) is 24.2 Å². The Labute approximate surface area is 142 Å². The van der Waals surface area contributed by atoms with E-state index in [4.69, 9.17) is 14.2 Å². The monoisotopic (exact) mass is 331 g/mol. The number of carbonyl (C=O) groups is 1. The van der Waals surface area contributed by atoms with Crippen molar-refractivity contribution in [3.05, 3.63) is 23.8 Å². The van der Waals surface area contributed by atoms with Crippen LogP contribution >= 0.6 is 0 Å². The van der Waals surface area contributed by atoms with Gasteiger partial charge in [0.1, 0.15) is 13.2 Å². The lowest BCUT2D eigenvalue weighted by Crippen LogP contribution is -2.50. The summed E-state index contributed by atoms with van der Waals surface area (Å²) in [5.74, 6) is 2.09. The van der Waals surface area contributed by atoms with E-state index in [2.05, 4.69) is 11.4 Å². The zero-order valence-electron chi connectivity index (χ0n) is 14.1. The molecule has 1 aromatic carbocycles. The van der Waals surface area contributed by atoms with E-state index in [9.17, 15) is 4.79 Å². The molecular formula is C19H25NO4. The van der Waals surface area contributed by atoms with Crippen LogP contribution in [0.1, 0.15) is 50.7 Å². The van der Waals surface area contributed by atoms with E-state index >= 15 is 0 Å². The number of fused-ring (bicyclic) bond motifs is 2. The maximum absolute atomic E-state index is 11.6. The van der Waals surface area contributed by atoms with Crippen molar-refractivity contribution in [1.29, 1.82) is 0 Å². The van der Waals surface area contributed by atoms with Gasteiger partial charge in [-0.1, -0.05) is 18.9 Å². The van der Waals surface area contributed by atoms with Gasteiger partial charge < -0.3 is 19.5 Å². The Morgan fingerprint density at radius 3 is 2.75 bits per heavy atom. The summed E-state index contributed by atoms with van der Waals surface area (Å²) in [6.07, 6.45) is 5.72. The number of hydrogen-bond acceptors (Lipinski definition) is 4. The number of rotatable bonds is 2. The van der Waals surface area contributed by atoms with Crippen LogP contribution in [0.25, 0.3) is 0 Å². The van der Waals surface area contributed by atoms with Gasteiger partial charge in [-0.25, -0.2) is 0 Å². The number of ether oxygens (including phenoxy) is 3. The summed E-state index contributed by atoms with van der Waals surface area (Å²) >= 11 is 0. The van der Waals surface area contributed by atoms with Crippen molar-refractivity contribution >= 4 is 5.91 Å². The number of benzene rings is 1. The zero-order chi connectivity index (χ0) is 16.5. The summed E-state index contributed by atoms with van der Waals surface area (Å²) in [6.45, 7) is 2.79. The van der Waals surface area contributed by atoms with Crippen molar-refractivity contribution in [3.63, 3.8) is 0 Å². The normalized spacial score (nSPS) is 31.9. The molecule has 1 aliphatic carbocycles. The van der Waals surface area contributed by atoms with Crippen LogP contribution in [0.15, 0.2) is 18.2 Å². The maximum Gasteiger partial charge on any atom is 0.217 e. The van der Waals surface area contributed by atoms with Crippen molar-refractivity contribution in [2.75, 3.05) is 13.2 Å². The molecule has 0 bridgehead atoms. The third-order valence-electron chi connectivity index (χ3n) is 5.40. The minimum Gasteiger partial charge on any atom is -0.486 e. The maximum atomic E-state index is 11.6.